The van der Waals surface area contributed by atoms with Crippen LogP contribution in [0.5, 0.6) is 6.01 Å². The topological polar surface area (TPSA) is 82.3 Å². The molecule has 0 bridgehead atoms. The van der Waals surface area contributed by atoms with Gasteiger partial charge < -0.3 is 29.2 Å². The molecule has 0 unspecified atom stereocenters. The smallest absolute Gasteiger partial charge is 0.421 e. The Bertz CT molecular complexity index is 1380. The number of rotatable bonds is 7. The van der Waals surface area contributed by atoms with Gasteiger partial charge in [-0.1, -0.05) is 6.58 Å². The summed E-state index contributed by atoms with van der Waals surface area (Å²) in [6, 6.07) is -0.101. The van der Waals surface area contributed by atoms with E-state index in [0.717, 1.165) is 31.1 Å². The molecule has 5 heterocycles. The molecule has 3 aliphatic heterocycles. The molecular weight excluding hydrogens is 556 g/mol. The van der Waals surface area contributed by atoms with Crippen LogP contribution in [0, 0.1) is 12.4 Å². The molecule has 1 amide bonds. The van der Waals surface area contributed by atoms with Crippen molar-refractivity contribution < 1.29 is 27.1 Å². The average molecular weight is 589 g/mol. The molecule has 0 spiro atoms. The number of likely N-dealkylation sites (N-methyl/N-ethyl adjacent to an activating group) is 1. The van der Waals surface area contributed by atoms with E-state index in [0.29, 0.717) is 50.4 Å². The van der Waals surface area contributed by atoms with Gasteiger partial charge in [0, 0.05) is 37.8 Å². The van der Waals surface area contributed by atoms with E-state index < -0.39 is 23.6 Å². The Morgan fingerprint density at radius 3 is 2.69 bits per heavy atom. The van der Waals surface area contributed by atoms with E-state index in [1.807, 2.05) is 11.9 Å². The van der Waals surface area contributed by atoms with Gasteiger partial charge in [0.2, 0.25) is 12.5 Å². The van der Waals surface area contributed by atoms with Crippen LogP contribution in [-0.4, -0.2) is 95.7 Å². The first-order chi connectivity index (χ1) is 20.1. The van der Waals surface area contributed by atoms with Crippen LogP contribution in [0.4, 0.5) is 29.1 Å². The van der Waals surface area contributed by atoms with Crippen LogP contribution in [0.25, 0.3) is 4.85 Å². The summed E-state index contributed by atoms with van der Waals surface area (Å²) in [5, 5.41) is 0. The van der Waals surface area contributed by atoms with Crippen LogP contribution in [0.3, 0.4) is 0 Å². The quantitative estimate of drug-likeness (QED) is 0.277. The number of alkyl halides is 3. The van der Waals surface area contributed by atoms with E-state index in [-0.39, 0.29) is 43.3 Å². The van der Waals surface area contributed by atoms with Crippen LogP contribution in [0.2, 0.25) is 0 Å². The van der Waals surface area contributed by atoms with Crippen LogP contribution >= 0.6 is 0 Å². The van der Waals surface area contributed by atoms with Crippen molar-refractivity contribution in [2.75, 3.05) is 62.7 Å². The summed E-state index contributed by atoms with van der Waals surface area (Å²) in [7, 11) is 2.02. The normalized spacial score (nSPS) is 21.2. The number of hydrogen-bond acceptors (Lipinski definition) is 8. The number of piperazine rings is 1. The molecule has 2 saturated heterocycles. The lowest BCUT2D eigenvalue weighted by Gasteiger charge is -2.41. The summed E-state index contributed by atoms with van der Waals surface area (Å²) in [4.78, 5) is 36.2. The summed E-state index contributed by atoms with van der Waals surface area (Å²) in [5.74, 6) is -1.11. The minimum Gasteiger partial charge on any atom is -0.462 e. The number of aromatic nitrogens is 3. The second-order valence-electron chi connectivity index (χ2n) is 10.7. The SMILES string of the molecule is [C-]#[N+]C[C@H]1CN(c2nc(OC[C@@H]3CCCN3C)nc3c2CCN(c2cncc(F)c2C(F)(F)F)C3)CCN1C(=O)C=C. The van der Waals surface area contributed by atoms with Crippen LogP contribution in [0.1, 0.15) is 29.7 Å². The van der Waals surface area contributed by atoms with Gasteiger partial charge >= 0.3 is 12.2 Å². The van der Waals surface area contributed by atoms with Crippen molar-refractivity contribution in [2.45, 2.75) is 44.1 Å². The Kier molecular flexibility index (Phi) is 8.49. The van der Waals surface area contributed by atoms with Gasteiger partial charge in [0.15, 0.2) is 5.82 Å². The monoisotopic (exact) mass is 588 g/mol. The first-order valence-electron chi connectivity index (χ1n) is 13.8. The maximum absolute atomic E-state index is 14.3. The zero-order valence-corrected chi connectivity index (χ0v) is 23.3. The van der Waals surface area contributed by atoms with Gasteiger partial charge in [-0.3, -0.25) is 9.78 Å². The highest BCUT2D eigenvalue weighted by atomic mass is 19.4. The molecule has 224 valence electrons. The lowest BCUT2D eigenvalue weighted by Crippen LogP contribution is -2.56. The Morgan fingerprint density at radius 2 is 2.00 bits per heavy atom. The minimum absolute atomic E-state index is 0.0286. The van der Waals surface area contributed by atoms with E-state index in [4.69, 9.17) is 16.3 Å². The van der Waals surface area contributed by atoms with E-state index in [9.17, 15) is 22.4 Å². The number of ether oxygens (including phenoxy) is 1. The molecule has 14 heteroatoms. The first-order valence-corrected chi connectivity index (χ1v) is 13.8. The predicted octanol–water partition coefficient (Wildman–Crippen LogP) is 3.19. The van der Waals surface area contributed by atoms with Crippen LogP contribution < -0.4 is 14.5 Å². The Hall–Kier alpha value is -3.99. The fourth-order valence-electron chi connectivity index (χ4n) is 5.94. The predicted molar refractivity (Wildman–Crippen MR) is 147 cm³/mol. The number of halogens is 4. The third-order valence-electron chi connectivity index (χ3n) is 8.14. The number of nitrogens with zero attached hydrogens (tertiary/aromatic N) is 8. The van der Waals surface area contributed by atoms with Crippen LogP contribution in [0.15, 0.2) is 25.0 Å². The molecule has 2 fully saturated rings. The molecule has 0 aliphatic carbocycles. The Balaban J connectivity index is 1.49. The molecule has 42 heavy (non-hydrogen) atoms. The molecule has 2 aromatic rings. The zero-order chi connectivity index (χ0) is 30.0. The fourth-order valence-corrected chi connectivity index (χ4v) is 5.94. The highest BCUT2D eigenvalue weighted by Gasteiger charge is 2.40. The Labute approximate surface area is 241 Å². The third-order valence-corrected chi connectivity index (χ3v) is 8.14. The zero-order valence-electron chi connectivity index (χ0n) is 23.3. The van der Waals surface area contributed by atoms with Crippen LogP contribution in [-0.2, 0) is 23.9 Å². The van der Waals surface area contributed by atoms with E-state index in [1.54, 1.807) is 4.90 Å². The van der Waals surface area contributed by atoms with E-state index in [1.165, 1.54) is 11.0 Å². The van der Waals surface area contributed by atoms with Gasteiger partial charge in [-0.2, -0.15) is 23.1 Å². The van der Waals surface area contributed by atoms with Gasteiger partial charge in [-0.15, -0.1) is 0 Å². The van der Waals surface area contributed by atoms with Gasteiger partial charge in [0.1, 0.15) is 24.0 Å². The third kappa shape index (κ3) is 5.97. The van der Waals surface area contributed by atoms with E-state index >= 15 is 0 Å². The van der Waals surface area contributed by atoms with Crippen molar-refractivity contribution in [1.82, 2.24) is 24.8 Å². The van der Waals surface area contributed by atoms with Gasteiger partial charge in [-0.25, -0.2) is 11.0 Å². The number of pyridine rings is 1. The van der Waals surface area contributed by atoms with E-state index in [2.05, 4.69) is 26.3 Å². The number of anilines is 2. The minimum atomic E-state index is -4.90. The largest absolute Gasteiger partial charge is 0.462 e. The molecule has 0 N–H and O–H groups in total. The molecule has 3 aliphatic rings. The summed E-state index contributed by atoms with van der Waals surface area (Å²) in [6.07, 6.45) is 0.229. The number of likely N-dealkylation sites (tertiary alicyclic amines) is 1. The number of carbonyl (C=O) groups is 1. The standard InChI is InChI=1S/C28H32F4N8O2/c1-4-24(41)40-11-10-39(15-19(40)12-33-2)26-20-7-9-38(23-14-34-13-21(29)25(23)28(30,31)32)16-22(20)35-27(36-26)42-17-18-6-5-8-37(18)3/h4,13-14,18-19H,1,5-12,15-17H2,3H3/t18-,19-/m0/s1. The molecular formula is C28H32F4N8O2. The van der Waals surface area contributed by atoms with Crippen molar-refractivity contribution >= 4 is 17.4 Å². The van der Waals surface area contributed by atoms with Gasteiger partial charge in [-0.05, 0) is 38.9 Å². The lowest BCUT2D eigenvalue weighted by molar-refractivity contribution is -0.139. The maximum atomic E-state index is 14.3. The summed E-state index contributed by atoms with van der Waals surface area (Å²) in [5.41, 5.74) is -0.484. The van der Waals surface area contributed by atoms with Crippen molar-refractivity contribution in [3.05, 3.63) is 59.1 Å². The number of carbonyl (C=O) groups excluding carboxylic acids is 1. The number of amides is 1. The number of hydrogen-bond donors (Lipinski definition) is 0. The lowest BCUT2D eigenvalue weighted by atomic mass is 10.0. The Morgan fingerprint density at radius 1 is 1.19 bits per heavy atom. The molecule has 0 aromatic carbocycles. The highest BCUT2D eigenvalue weighted by molar-refractivity contribution is 5.87. The number of fused-ring (bicyclic) bond motifs is 1. The van der Waals surface area contributed by atoms with Crippen molar-refractivity contribution in [3.8, 4) is 6.01 Å². The first kappa shape index (κ1) is 29.5. The van der Waals surface area contributed by atoms with Gasteiger partial charge in [0.05, 0.1) is 30.3 Å². The van der Waals surface area contributed by atoms with Crippen molar-refractivity contribution in [1.29, 1.82) is 0 Å². The molecule has 2 aromatic heterocycles. The maximum Gasteiger partial charge on any atom is 0.421 e. The summed E-state index contributed by atoms with van der Waals surface area (Å²) < 4.78 is 61.9. The second kappa shape index (κ2) is 12.1. The van der Waals surface area contributed by atoms with Crippen molar-refractivity contribution in [3.63, 3.8) is 0 Å². The van der Waals surface area contributed by atoms with Gasteiger partial charge in [0.25, 0.3) is 0 Å². The average Bonchev–Trinajstić information content (AvgIpc) is 3.38. The molecule has 0 radical (unpaired) electrons. The molecule has 2 atom stereocenters. The highest BCUT2D eigenvalue weighted by Crippen LogP contribution is 2.40. The molecule has 10 nitrogen and oxygen atoms in total. The second-order valence-corrected chi connectivity index (χ2v) is 10.7. The fraction of sp³-hybridized carbons (Fsp3) is 0.536. The summed E-state index contributed by atoms with van der Waals surface area (Å²) in [6.45, 7) is 13.6. The molecule has 5 rings (SSSR count). The summed E-state index contributed by atoms with van der Waals surface area (Å²) >= 11 is 0. The molecule has 0 saturated carbocycles. The van der Waals surface area contributed by atoms with Crippen molar-refractivity contribution in [2.24, 2.45) is 0 Å².